The van der Waals surface area contributed by atoms with Crippen LogP contribution in [-0.4, -0.2) is 78.7 Å². The Morgan fingerprint density at radius 3 is 2.26 bits per heavy atom. The van der Waals surface area contributed by atoms with E-state index in [0.29, 0.717) is 43.3 Å². The molecule has 1 amide bonds. The molecule has 0 aliphatic carbocycles. The third kappa shape index (κ3) is 11.2. The van der Waals surface area contributed by atoms with E-state index >= 15 is 0 Å². The monoisotopic (exact) mass is 601 g/mol. The first kappa shape index (κ1) is 33.8. The molecule has 2 atom stereocenters. The zero-order chi connectivity index (χ0) is 32.1. The predicted octanol–water partition coefficient (Wildman–Crippen LogP) is -0.882. The van der Waals surface area contributed by atoms with E-state index in [0.717, 1.165) is 11.1 Å². The van der Waals surface area contributed by atoms with Gasteiger partial charge in [-0.1, -0.05) is 12.1 Å². The lowest BCUT2D eigenvalue weighted by Crippen LogP contribution is -2.41. The van der Waals surface area contributed by atoms with E-state index in [-0.39, 0.29) is 35.9 Å². The lowest BCUT2D eigenvalue weighted by molar-refractivity contribution is -0.141. The zero-order valence-corrected chi connectivity index (χ0v) is 23.1. The van der Waals surface area contributed by atoms with Gasteiger partial charge in [0.1, 0.15) is 17.7 Å². The Morgan fingerprint density at radius 2 is 1.67 bits per heavy atom. The SMILES string of the molecule is NC(N)=NCCCC(N)C(=O)O.Nc1nc2[nH]cc(CCc3ccc(C(=O)N[C@@H](CCC(=O)O)C(=O)O)cc3)c2c(=O)[nH]1. The van der Waals surface area contributed by atoms with Crippen molar-refractivity contribution in [2.24, 2.45) is 22.2 Å². The number of H-pyrrole nitrogens is 2. The molecule has 0 bridgehead atoms. The Hall–Kier alpha value is -5.45. The van der Waals surface area contributed by atoms with Gasteiger partial charge in [0.25, 0.3) is 11.5 Å². The molecule has 17 heteroatoms. The normalized spacial score (nSPS) is 11.9. The number of aliphatic imine (C=N–C) groups is 1. The van der Waals surface area contributed by atoms with E-state index < -0.39 is 35.9 Å². The predicted molar refractivity (Wildman–Crippen MR) is 156 cm³/mol. The maximum atomic E-state index is 12.3. The van der Waals surface area contributed by atoms with Crippen LogP contribution in [0.4, 0.5) is 5.95 Å². The van der Waals surface area contributed by atoms with Crippen LogP contribution in [0.3, 0.4) is 0 Å². The summed E-state index contributed by atoms with van der Waals surface area (Å²) in [5, 5.41) is 29.0. The van der Waals surface area contributed by atoms with Crippen molar-refractivity contribution in [3.05, 3.63) is 57.5 Å². The molecule has 232 valence electrons. The number of nitrogens with zero attached hydrogens (tertiary/aromatic N) is 2. The number of amides is 1. The van der Waals surface area contributed by atoms with Gasteiger partial charge < -0.3 is 48.6 Å². The van der Waals surface area contributed by atoms with Gasteiger partial charge >= 0.3 is 17.9 Å². The maximum Gasteiger partial charge on any atom is 0.326 e. The average Bonchev–Trinajstić information content (AvgIpc) is 3.35. The quantitative estimate of drug-likeness (QED) is 0.0610. The fraction of sp³-hybridized carbons (Fsp3) is 0.346. The van der Waals surface area contributed by atoms with Crippen LogP contribution in [0.25, 0.3) is 11.0 Å². The molecule has 0 fully saturated rings. The number of carbonyl (C=O) groups excluding carboxylic acids is 1. The van der Waals surface area contributed by atoms with Gasteiger partial charge in [0.2, 0.25) is 5.95 Å². The summed E-state index contributed by atoms with van der Waals surface area (Å²) in [5.74, 6) is -3.99. The third-order valence-electron chi connectivity index (χ3n) is 6.08. The molecule has 17 nitrogen and oxygen atoms in total. The fourth-order valence-electron chi connectivity index (χ4n) is 3.83. The Morgan fingerprint density at radius 1 is 1.00 bits per heavy atom. The first-order chi connectivity index (χ1) is 20.3. The molecule has 0 saturated heterocycles. The largest absolute Gasteiger partial charge is 0.481 e. The minimum Gasteiger partial charge on any atom is -0.481 e. The Kier molecular flexibility index (Phi) is 12.6. The molecule has 1 unspecified atom stereocenters. The first-order valence-electron chi connectivity index (χ1n) is 13.0. The maximum absolute atomic E-state index is 12.3. The lowest BCUT2D eigenvalue weighted by Gasteiger charge is -2.13. The summed E-state index contributed by atoms with van der Waals surface area (Å²) < 4.78 is 0. The number of carboxylic acids is 3. The summed E-state index contributed by atoms with van der Waals surface area (Å²) >= 11 is 0. The van der Waals surface area contributed by atoms with Gasteiger partial charge in [-0.25, -0.2) is 4.79 Å². The number of nitrogens with two attached hydrogens (primary N) is 4. The highest BCUT2D eigenvalue weighted by atomic mass is 16.4. The number of nitrogens with one attached hydrogen (secondary N) is 3. The van der Waals surface area contributed by atoms with Crippen molar-refractivity contribution in [2.45, 2.75) is 50.6 Å². The lowest BCUT2D eigenvalue weighted by atomic mass is 10.0. The van der Waals surface area contributed by atoms with Crippen LogP contribution in [0.1, 0.15) is 47.2 Å². The van der Waals surface area contributed by atoms with E-state index in [1.54, 1.807) is 30.5 Å². The minimum absolute atomic E-state index is 0.0129. The number of rotatable bonds is 14. The van der Waals surface area contributed by atoms with Crippen molar-refractivity contribution in [3.8, 4) is 0 Å². The Labute approximate surface area is 244 Å². The summed E-state index contributed by atoms with van der Waals surface area (Å²) in [5.41, 5.74) is 22.9. The topological polar surface area (TPSA) is 319 Å². The highest BCUT2D eigenvalue weighted by Gasteiger charge is 2.21. The van der Waals surface area contributed by atoms with Crippen molar-refractivity contribution in [1.82, 2.24) is 20.3 Å². The second-order valence-corrected chi connectivity index (χ2v) is 9.38. The van der Waals surface area contributed by atoms with Crippen molar-refractivity contribution in [3.63, 3.8) is 0 Å². The first-order valence-corrected chi connectivity index (χ1v) is 13.0. The van der Waals surface area contributed by atoms with Crippen LogP contribution in [0, 0.1) is 0 Å². The number of nitrogen functional groups attached to an aromatic ring is 1. The van der Waals surface area contributed by atoms with Crippen LogP contribution >= 0.6 is 0 Å². The standard InChI is InChI=1S/C20H21N5O6.C6H14N4O2/c21-20-24-16-15(18(29)25-20)12(9-22-16)6-3-10-1-4-11(5-2-10)17(28)23-13(19(30)31)7-8-14(26)27;7-4(5(11)12)2-1-3-10-6(8)9/h1-2,4-5,9,13H,3,6-8H2,(H,23,28)(H,26,27)(H,30,31)(H4,21,22,24,25,29);4H,1-3,7H2,(H,11,12)(H4,8,9,10)/t13-;/m0./s1. The summed E-state index contributed by atoms with van der Waals surface area (Å²) in [6.45, 7) is 0.420. The van der Waals surface area contributed by atoms with Gasteiger partial charge in [-0.2, -0.15) is 4.98 Å². The molecule has 0 aliphatic heterocycles. The van der Waals surface area contributed by atoms with Crippen molar-refractivity contribution >= 4 is 46.8 Å². The van der Waals surface area contributed by atoms with Crippen LogP contribution < -0.4 is 33.8 Å². The van der Waals surface area contributed by atoms with Crippen LogP contribution in [0.5, 0.6) is 0 Å². The molecule has 43 heavy (non-hydrogen) atoms. The van der Waals surface area contributed by atoms with E-state index in [4.69, 9.17) is 38.3 Å². The number of carboxylic acid groups (broad SMARTS) is 3. The molecule has 0 spiro atoms. The third-order valence-corrected chi connectivity index (χ3v) is 6.08. The molecule has 14 N–H and O–H groups in total. The molecule has 2 heterocycles. The molecule has 0 radical (unpaired) electrons. The average molecular weight is 602 g/mol. The van der Waals surface area contributed by atoms with Crippen molar-refractivity contribution in [1.29, 1.82) is 0 Å². The number of hydrogen-bond acceptors (Lipinski definition) is 9. The molecule has 0 aliphatic rings. The number of anilines is 1. The number of guanidine groups is 1. The summed E-state index contributed by atoms with van der Waals surface area (Å²) in [6, 6.07) is 4.48. The van der Waals surface area contributed by atoms with Crippen LogP contribution in [-0.2, 0) is 27.2 Å². The number of hydrogen-bond donors (Lipinski definition) is 10. The van der Waals surface area contributed by atoms with Crippen molar-refractivity contribution < 1.29 is 34.5 Å². The van der Waals surface area contributed by atoms with Crippen molar-refractivity contribution in [2.75, 3.05) is 12.3 Å². The van der Waals surface area contributed by atoms with Crippen LogP contribution in [0.15, 0.2) is 40.2 Å². The van der Waals surface area contributed by atoms with Gasteiger partial charge in [-0.15, -0.1) is 0 Å². The molecule has 3 rings (SSSR count). The number of aryl methyl sites for hydroxylation is 2. The fourth-order valence-corrected chi connectivity index (χ4v) is 3.83. The molecular formula is C26H35N9O8. The Bertz CT molecular complexity index is 1510. The van der Waals surface area contributed by atoms with Gasteiger partial charge in [0.05, 0.1) is 5.39 Å². The van der Waals surface area contributed by atoms with E-state index in [1.807, 2.05) is 0 Å². The second-order valence-electron chi connectivity index (χ2n) is 9.38. The van der Waals surface area contributed by atoms with Crippen LogP contribution in [0.2, 0.25) is 0 Å². The molecule has 2 aromatic heterocycles. The van der Waals surface area contributed by atoms with Gasteiger partial charge in [-0.05, 0) is 55.4 Å². The zero-order valence-electron chi connectivity index (χ0n) is 23.1. The Balaban J connectivity index is 0.000000455. The molecule has 3 aromatic rings. The number of aliphatic carboxylic acids is 3. The minimum atomic E-state index is -1.30. The van der Waals surface area contributed by atoms with Gasteiger partial charge in [-0.3, -0.25) is 29.2 Å². The highest BCUT2D eigenvalue weighted by Crippen LogP contribution is 2.16. The molecule has 1 aromatic carbocycles. The smallest absolute Gasteiger partial charge is 0.326 e. The molecule has 0 saturated carbocycles. The number of benzene rings is 1. The van der Waals surface area contributed by atoms with E-state index in [1.165, 1.54) is 0 Å². The second kappa shape index (κ2) is 16.1. The number of aromatic amines is 2. The number of aromatic nitrogens is 3. The van der Waals surface area contributed by atoms with E-state index in [9.17, 15) is 24.0 Å². The van der Waals surface area contributed by atoms with E-state index in [2.05, 4.69) is 25.3 Å². The number of carbonyl (C=O) groups is 4. The molecular weight excluding hydrogens is 566 g/mol. The number of fused-ring (bicyclic) bond motifs is 1. The van der Waals surface area contributed by atoms with Gasteiger partial charge in [0.15, 0.2) is 5.96 Å². The summed E-state index contributed by atoms with van der Waals surface area (Å²) in [7, 11) is 0. The van der Waals surface area contributed by atoms with Gasteiger partial charge in [0, 0.05) is 24.7 Å². The summed E-state index contributed by atoms with van der Waals surface area (Å²) in [4.78, 5) is 69.6. The highest BCUT2D eigenvalue weighted by molar-refractivity contribution is 5.96. The summed E-state index contributed by atoms with van der Waals surface area (Å²) in [6.07, 6.45) is 3.23.